The fourth-order valence-electron chi connectivity index (χ4n) is 3.83. The number of nitrogens with zero attached hydrogens (tertiary/aromatic N) is 2. The second kappa shape index (κ2) is 8.22. The molecule has 29 heavy (non-hydrogen) atoms. The molecule has 0 aliphatic heterocycles. The Morgan fingerprint density at radius 3 is 2.31 bits per heavy atom. The Morgan fingerprint density at radius 1 is 1.07 bits per heavy atom. The number of benzene rings is 2. The molecule has 1 saturated carbocycles. The molecular formula is C23H26N2O3S. The van der Waals surface area contributed by atoms with Crippen molar-refractivity contribution in [1.82, 2.24) is 9.78 Å². The summed E-state index contributed by atoms with van der Waals surface area (Å²) in [4.78, 5) is 1.20. The van der Waals surface area contributed by atoms with E-state index in [9.17, 15) is 10.2 Å². The van der Waals surface area contributed by atoms with Crippen LogP contribution in [0.15, 0.2) is 59.5 Å². The summed E-state index contributed by atoms with van der Waals surface area (Å²) in [7, 11) is 1.65. The van der Waals surface area contributed by atoms with E-state index >= 15 is 0 Å². The highest BCUT2D eigenvalue weighted by Crippen LogP contribution is 2.39. The summed E-state index contributed by atoms with van der Waals surface area (Å²) >= 11 is 1.70. The van der Waals surface area contributed by atoms with Gasteiger partial charge >= 0.3 is 0 Å². The monoisotopic (exact) mass is 410 g/mol. The average Bonchev–Trinajstić information content (AvgIpc) is 3.22. The minimum Gasteiger partial charge on any atom is -0.497 e. The van der Waals surface area contributed by atoms with Gasteiger partial charge in [-0.3, -0.25) is 0 Å². The van der Waals surface area contributed by atoms with E-state index in [0.717, 1.165) is 22.7 Å². The lowest BCUT2D eigenvalue weighted by Crippen LogP contribution is -2.33. The topological polar surface area (TPSA) is 67.5 Å². The van der Waals surface area contributed by atoms with Crippen LogP contribution in [0.5, 0.6) is 5.75 Å². The van der Waals surface area contributed by atoms with Crippen molar-refractivity contribution < 1.29 is 14.9 Å². The number of aliphatic hydroxyl groups is 2. The van der Waals surface area contributed by atoms with Gasteiger partial charge in [0.05, 0.1) is 30.3 Å². The molecule has 6 heteroatoms. The molecule has 2 aromatic carbocycles. The SMILES string of the molecule is COc1ccc(-n2nc(C3(O)CCC(O)CC3)cc2-c2ccc(SC)cc2)cc1. The van der Waals surface area contributed by atoms with E-state index in [0.29, 0.717) is 31.4 Å². The molecule has 5 nitrogen and oxygen atoms in total. The van der Waals surface area contributed by atoms with Gasteiger partial charge in [-0.15, -0.1) is 11.8 Å². The number of aliphatic hydroxyl groups excluding tert-OH is 1. The van der Waals surface area contributed by atoms with Crippen LogP contribution in [0.3, 0.4) is 0 Å². The van der Waals surface area contributed by atoms with Crippen molar-refractivity contribution in [3.05, 3.63) is 60.3 Å². The van der Waals surface area contributed by atoms with Crippen LogP contribution in [0.25, 0.3) is 16.9 Å². The quantitative estimate of drug-likeness (QED) is 0.611. The molecule has 0 saturated heterocycles. The lowest BCUT2D eigenvalue weighted by atomic mass is 9.81. The first-order valence-electron chi connectivity index (χ1n) is 9.82. The number of ether oxygens (including phenoxy) is 1. The lowest BCUT2D eigenvalue weighted by Gasteiger charge is -2.32. The highest BCUT2D eigenvalue weighted by molar-refractivity contribution is 7.98. The van der Waals surface area contributed by atoms with Gasteiger partial charge in [-0.1, -0.05) is 12.1 Å². The van der Waals surface area contributed by atoms with Gasteiger partial charge in [-0.25, -0.2) is 4.68 Å². The van der Waals surface area contributed by atoms with Gasteiger partial charge in [-0.05, 0) is 74.4 Å². The van der Waals surface area contributed by atoms with E-state index < -0.39 is 5.60 Å². The number of thioether (sulfide) groups is 1. The van der Waals surface area contributed by atoms with Gasteiger partial charge in [0.2, 0.25) is 0 Å². The third-order valence-corrected chi connectivity index (χ3v) is 6.41. The summed E-state index contributed by atoms with van der Waals surface area (Å²) in [6.07, 6.45) is 3.92. The summed E-state index contributed by atoms with van der Waals surface area (Å²) in [6.45, 7) is 0. The van der Waals surface area contributed by atoms with Crippen molar-refractivity contribution in [2.75, 3.05) is 13.4 Å². The Hall–Kier alpha value is -2.28. The standard InChI is InChI=1S/C23H26N2O3S/c1-28-19-7-5-17(6-8-19)25-21(16-3-9-20(29-2)10-4-16)15-22(24-25)23(27)13-11-18(26)12-14-23/h3-10,15,18,26-27H,11-14H2,1-2H3. The van der Waals surface area contributed by atoms with Crippen LogP contribution >= 0.6 is 11.8 Å². The number of hydrogen-bond acceptors (Lipinski definition) is 5. The molecule has 1 heterocycles. The van der Waals surface area contributed by atoms with Crippen molar-refractivity contribution in [2.45, 2.75) is 42.3 Å². The Labute approximate surface area is 175 Å². The maximum absolute atomic E-state index is 11.2. The molecule has 0 spiro atoms. The maximum Gasteiger partial charge on any atom is 0.119 e. The number of hydrogen-bond donors (Lipinski definition) is 2. The van der Waals surface area contributed by atoms with Gasteiger partial charge in [-0.2, -0.15) is 5.10 Å². The van der Waals surface area contributed by atoms with Crippen molar-refractivity contribution >= 4 is 11.8 Å². The van der Waals surface area contributed by atoms with E-state index in [1.165, 1.54) is 4.90 Å². The third-order valence-electron chi connectivity index (χ3n) is 5.67. The van der Waals surface area contributed by atoms with Crippen LogP contribution in [0.4, 0.5) is 0 Å². The fraction of sp³-hybridized carbons (Fsp3) is 0.348. The van der Waals surface area contributed by atoms with E-state index in [1.54, 1.807) is 18.9 Å². The first kappa shape index (κ1) is 20.0. The lowest BCUT2D eigenvalue weighted by molar-refractivity contribution is -0.0393. The van der Waals surface area contributed by atoms with Crippen LogP contribution in [0.1, 0.15) is 31.4 Å². The minimum atomic E-state index is -1.01. The van der Waals surface area contributed by atoms with Crippen molar-refractivity contribution in [3.8, 4) is 22.7 Å². The summed E-state index contributed by atoms with van der Waals surface area (Å²) in [5.41, 5.74) is 2.52. The van der Waals surface area contributed by atoms with Gasteiger partial charge in [0.25, 0.3) is 0 Å². The largest absolute Gasteiger partial charge is 0.497 e. The highest BCUT2D eigenvalue weighted by atomic mass is 32.2. The van der Waals surface area contributed by atoms with Gasteiger partial charge in [0.1, 0.15) is 11.4 Å². The second-order valence-electron chi connectivity index (χ2n) is 7.52. The van der Waals surface area contributed by atoms with Crippen LogP contribution < -0.4 is 4.74 Å². The van der Waals surface area contributed by atoms with Gasteiger partial charge in [0, 0.05) is 10.5 Å². The molecule has 1 aliphatic carbocycles. The second-order valence-corrected chi connectivity index (χ2v) is 8.40. The van der Waals surface area contributed by atoms with E-state index in [4.69, 9.17) is 9.84 Å². The molecule has 0 unspecified atom stereocenters. The molecule has 3 aromatic rings. The maximum atomic E-state index is 11.2. The predicted octanol–water partition coefficient (Wildman–Crippen LogP) is 4.39. The van der Waals surface area contributed by atoms with Crippen LogP contribution in [0.2, 0.25) is 0 Å². The average molecular weight is 411 g/mol. The molecule has 1 fully saturated rings. The normalized spacial score (nSPS) is 21.9. The predicted molar refractivity (Wildman–Crippen MR) is 116 cm³/mol. The zero-order chi connectivity index (χ0) is 20.4. The fourth-order valence-corrected chi connectivity index (χ4v) is 4.24. The zero-order valence-electron chi connectivity index (χ0n) is 16.7. The molecule has 2 N–H and O–H groups in total. The Bertz CT molecular complexity index is 894. The summed E-state index contributed by atoms with van der Waals surface area (Å²) in [5, 5.41) is 25.9. The molecule has 1 aromatic heterocycles. The molecule has 152 valence electrons. The van der Waals surface area contributed by atoms with Gasteiger partial charge < -0.3 is 14.9 Å². The Morgan fingerprint density at radius 2 is 1.72 bits per heavy atom. The van der Waals surface area contributed by atoms with Crippen molar-refractivity contribution in [1.29, 1.82) is 0 Å². The van der Waals surface area contributed by atoms with E-state index in [1.807, 2.05) is 35.0 Å². The molecular weight excluding hydrogens is 384 g/mol. The number of rotatable bonds is 5. The summed E-state index contributed by atoms with van der Waals surface area (Å²) in [5.74, 6) is 0.784. The van der Waals surface area contributed by atoms with Crippen molar-refractivity contribution in [3.63, 3.8) is 0 Å². The van der Waals surface area contributed by atoms with Crippen LogP contribution in [-0.4, -0.2) is 39.5 Å². The molecule has 0 amide bonds. The zero-order valence-corrected chi connectivity index (χ0v) is 17.5. The summed E-state index contributed by atoms with van der Waals surface area (Å²) < 4.78 is 7.16. The van der Waals surface area contributed by atoms with E-state index in [2.05, 4.69) is 30.5 Å². The molecule has 1 aliphatic rings. The van der Waals surface area contributed by atoms with Gasteiger partial charge in [0.15, 0.2) is 0 Å². The first-order chi connectivity index (χ1) is 14.0. The third kappa shape index (κ3) is 4.06. The number of methoxy groups -OCH3 is 1. The van der Waals surface area contributed by atoms with Crippen molar-refractivity contribution in [2.24, 2.45) is 0 Å². The Kier molecular flexibility index (Phi) is 5.67. The smallest absolute Gasteiger partial charge is 0.119 e. The van der Waals surface area contributed by atoms with Crippen LogP contribution in [-0.2, 0) is 5.60 Å². The van der Waals surface area contributed by atoms with Crippen LogP contribution in [0, 0.1) is 0 Å². The summed E-state index contributed by atoms with van der Waals surface area (Å²) in [6, 6.07) is 18.1. The Balaban J connectivity index is 1.79. The molecule has 0 atom stereocenters. The highest BCUT2D eigenvalue weighted by Gasteiger charge is 2.37. The molecule has 0 radical (unpaired) electrons. The molecule has 0 bridgehead atoms. The molecule has 4 rings (SSSR count). The first-order valence-corrected chi connectivity index (χ1v) is 11.0. The number of aromatic nitrogens is 2. The van der Waals surface area contributed by atoms with E-state index in [-0.39, 0.29) is 6.10 Å². The minimum absolute atomic E-state index is 0.336.